The molecule has 0 saturated heterocycles. The molecule has 2 heterocycles. The van der Waals surface area contributed by atoms with Crippen LogP contribution in [0.15, 0.2) is 67.0 Å². The van der Waals surface area contributed by atoms with Crippen LogP contribution in [0.25, 0.3) is 21.9 Å². The molecule has 4 aromatic rings. The van der Waals surface area contributed by atoms with Crippen LogP contribution in [0.3, 0.4) is 0 Å². The lowest BCUT2D eigenvalue weighted by Crippen LogP contribution is -2.20. The van der Waals surface area contributed by atoms with Gasteiger partial charge in [0.2, 0.25) is 5.78 Å². The topological polar surface area (TPSA) is 86.7 Å². The molecule has 7 heteroatoms. The van der Waals surface area contributed by atoms with Crippen LogP contribution in [-0.4, -0.2) is 12.9 Å². The molecule has 0 unspecified atom stereocenters. The molecule has 0 saturated carbocycles. The third kappa shape index (κ3) is 3.00. The Bertz CT molecular complexity index is 1330. The van der Waals surface area contributed by atoms with Crippen molar-refractivity contribution in [2.75, 3.05) is 7.11 Å². The number of hydrogen-bond donors (Lipinski definition) is 0. The minimum Gasteiger partial charge on any atom is -0.497 e. The summed E-state index contributed by atoms with van der Waals surface area (Å²) >= 11 is 5.94. The van der Waals surface area contributed by atoms with Crippen molar-refractivity contribution in [1.82, 2.24) is 0 Å². The summed E-state index contributed by atoms with van der Waals surface area (Å²) in [6.45, 7) is 0. The lowest BCUT2D eigenvalue weighted by atomic mass is 10.0. The molecule has 0 atom stereocenters. The van der Waals surface area contributed by atoms with E-state index in [0.717, 1.165) is 0 Å². The van der Waals surface area contributed by atoms with E-state index in [0.29, 0.717) is 27.1 Å². The van der Waals surface area contributed by atoms with Crippen molar-refractivity contribution in [1.29, 1.82) is 0 Å². The first-order chi connectivity index (χ1) is 13.0. The van der Waals surface area contributed by atoms with Crippen LogP contribution in [-0.2, 0) is 0 Å². The van der Waals surface area contributed by atoms with Gasteiger partial charge in [-0.25, -0.2) is 9.59 Å². The first-order valence-electron chi connectivity index (χ1n) is 7.86. The van der Waals surface area contributed by atoms with Crippen molar-refractivity contribution in [3.8, 4) is 5.75 Å². The van der Waals surface area contributed by atoms with E-state index in [9.17, 15) is 14.4 Å². The normalized spacial score (nSPS) is 11.0. The number of hydrogen-bond acceptors (Lipinski definition) is 6. The van der Waals surface area contributed by atoms with Crippen molar-refractivity contribution in [2.24, 2.45) is 0 Å². The zero-order chi connectivity index (χ0) is 19.1. The van der Waals surface area contributed by atoms with E-state index in [4.69, 9.17) is 25.2 Å². The highest BCUT2D eigenvalue weighted by Crippen LogP contribution is 2.22. The molecule has 6 nitrogen and oxygen atoms in total. The van der Waals surface area contributed by atoms with Gasteiger partial charge in [0.05, 0.1) is 7.11 Å². The molecule has 27 heavy (non-hydrogen) atoms. The highest BCUT2D eigenvalue weighted by molar-refractivity contribution is 6.31. The molecule has 0 aliphatic heterocycles. The number of halogens is 1. The second-order valence-corrected chi connectivity index (χ2v) is 6.25. The van der Waals surface area contributed by atoms with E-state index in [2.05, 4.69) is 0 Å². The van der Waals surface area contributed by atoms with Gasteiger partial charge < -0.3 is 13.6 Å². The molecule has 2 aromatic heterocycles. The van der Waals surface area contributed by atoms with E-state index < -0.39 is 17.0 Å². The quantitative estimate of drug-likeness (QED) is 0.395. The van der Waals surface area contributed by atoms with E-state index >= 15 is 0 Å². The summed E-state index contributed by atoms with van der Waals surface area (Å²) in [7, 11) is 1.50. The Kier molecular flexibility index (Phi) is 4.05. The maximum atomic E-state index is 12.8. The maximum absolute atomic E-state index is 12.8. The summed E-state index contributed by atoms with van der Waals surface area (Å²) in [5, 5.41) is 1.38. The van der Waals surface area contributed by atoms with Crippen molar-refractivity contribution in [2.45, 2.75) is 0 Å². The third-order valence-electron chi connectivity index (χ3n) is 4.12. The van der Waals surface area contributed by atoms with Crippen LogP contribution in [0, 0.1) is 0 Å². The van der Waals surface area contributed by atoms with Crippen LogP contribution in [0.5, 0.6) is 5.75 Å². The zero-order valence-corrected chi connectivity index (χ0v) is 14.7. The van der Waals surface area contributed by atoms with E-state index in [1.807, 2.05) is 0 Å². The fourth-order valence-electron chi connectivity index (χ4n) is 2.78. The van der Waals surface area contributed by atoms with Crippen molar-refractivity contribution in [3.05, 3.63) is 85.5 Å². The predicted molar refractivity (Wildman–Crippen MR) is 100.0 cm³/mol. The average Bonchev–Trinajstić information content (AvgIpc) is 2.66. The van der Waals surface area contributed by atoms with Crippen LogP contribution in [0.1, 0.15) is 15.9 Å². The average molecular weight is 383 g/mol. The minimum atomic E-state index is -0.847. The van der Waals surface area contributed by atoms with Gasteiger partial charge in [0.1, 0.15) is 28.0 Å². The first kappa shape index (κ1) is 17.1. The fourth-order valence-corrected chi connectivity index (χ4v) is 2.96. The van der Waals surface area contributed by atoms with E-state index in [1.165, 1.54) is 25.3 Å². The molecule has 0 aliphatic rings. The van der Waals surface area contributed by atoms with Crippen LogP contribution in [0.4, 0.5) is 0 Å². The minimum absolute atomic E-state index is 0.274. The number of rotatable bonds is 3. The highest BCUT2D eigenvalue weighted by Gasteiger charge is 2.20. The second-order valence-electron chi connectivity index (χ2n) is 5.81. The molecule has 0 fully saturated rings. The van der Waals surface area contributed by atoms with E-state index in [1.54, 1.807) is 30.3 Å². The summed E-state index contributed by atoms with van der Waals surface area (Å²) in [5.41, 5.74) is -1.65. The monoisotopic (exact) mass is 382 g/mol. The SMILES string of the molecule is COc1ccc2oc(=O)c(C(=O)c3cc4cc(Cl)ccc4oc3=O)cc2c1. The van der Waals surface area contributed by atoms with Gasteiger partial charge in [-0.05, 0) is 48.5 Å². The predicted octanol–water partition coefficient (Wildman–Crippen LogP) is 3.79. The molecule has 0 amide bonds. The van der Waals surface area contributed by atoms with Crippen molar-refractivity contribution < 1.29 is 18.4 Å². The number of ether oxygens (including phenoxy) is 1. The number of fused-ring (bicyclic) bond motifs is 2. The number of benzene rings is 2. The molecule has 0 radical (unpaired) electrons. The zero-order valence-electron chi connectivity index (χ0n) is 13.9. The standard InChI is InChI=1S/C20H11ClO6/c1-25-13-3-5-17-11(7-13)9-15(20(24)27-17)18(22)14-8-10-6-12(21)2-4-16(10)26-19(14)23/h2-9H,1H3. The Morgan fingerprint density at radius 2 is 1.41 bits per heavy atom. The van der Waals surface area contributed by atoms with Crippen LogP contribution >= 0.6 is 11.6 Å². The molecule has 0 aliphatic carbocycles. The molecule has 134 valence electrons. The number of methoxy groups -OCH3 is 1. The van der Waals surface area contributed by atoms with Gasteiger partial charge in [-0.1, -0.05) is 11.6 Å². The maximum Gasteiger partial charge on any atom is 0.347 e. The van der Waals surface area contributed by atoms with Gasteiger partial charge in [-0.15, -0.1) is 0 Å². The molecule has 0 N–H and O–H groups in total. The molecule has 0 spiro atoms. The Balaban J connectivity index is 1.90. The summed E-state index contributed by atoms with van der Waals surface area (Å²) < 4.78 is 15.5. The summed E-state index contributed by atoms with van der Waals surface area (Å²) in [6.07, 6.45) is 0. The number of carbonyl (C=O) groups is 1. The lowest BCUT2D eigenvalue weighted by molar-refractivity contribution is 0.103. The summed E-state index contributed by atoms with van der Waals surface area (Å²) in [6, 6.07) is 12.2. The first-order valence-corrected chi connectivity index (χ1v) is 8.24. The fraction of sp³-hybridized carbons (Fsp3) is 0.0500. The lowest BCUT2D eigenvalue weighted by Gasteiger charge is -2.04. The largest absolute Gasteiger partial charge is 0.497 e. The molecular formula is C20H11ClO6. The Morgan fingerprint density at radius 3 is 2.00 bits per heavy atom. The number of carbonyl (C=O) groups excluding carboxylic acids is 1. The van der Waals surface area contributed by atoms with Gasteiger partial charge in [-0.3, -0.25) is 4.79 Å². The van der Waals surface area contributed by atoms with Crippen LogP contribution in [0.2, 0.25) is 5.02 Å². The van der Waals surface area contributed by atoms with Gasteiger partial charge >= 0.3 is 11.3 Å². The summed E-state index contributed by atoms with van der Waals surface area (Å²) in [5.74, 6) is -0.251. The second kappa shape index (κ2) is 6.41. The van der Waals surface area contributed by atoms with Crippen molar-refractivity contribution in [3.63, 3.8) is 0 Å². The molecule has 2 aromatic carbocycles. The third-order valence-corrected chi connectivity index (χ3v) is 4.36. The molecular weight excluding hydrogens is 372 g/mol. The van der Waals surface area contributed by atoms with Gasteiger partial charge in [0, 0.05) is 15.8 Å². The number of ketones is 1. The summed E-state index contributed by atoms with van der Waals surface area (Å²) in [4.78, 5) is 37.3. The Labute approximate surface area is 156 Å². The van der Waals surface area contributed by atoms with Gasteiger partial charge in [-0.2, -0.15) is 0 Å². The van der Waals surface area contributed by atoms with Crippen LogP contribution < -0.4 is 16.0 Å². The van der Waals surface area contributed by atoms with Gasteiger partial charge in [0.25, 0.3) is 0 Å². The highest BCUT2D eigenvalue weighted by atomic mass is 35.5. The molecule has 0 bridgehead atoms. The smallest absolute Gasteiger partial charge is 0.347 e. The van der Waals surface area contributed by atoms with Crippen molar-refractivity contribution >= 4 is 39.3 Å². The Hall–Kier alpha value is -3.38. The molecule has 4 rings (SSSR count). The van der Waals surface area contributed by atoms with Gasteiger partial charge in [0.15, 0.2) is 0 Å². The Morgan fingerprint density at radius 1 is 0.852 bits per heavy atom. The van der Waals surface area contributed by atoms with E-state index in [-0.39, 0.29) is 16.7 Å².